The van der Waals surface area contributed by atoms with Crippen LogP contribution in [0.3, 0.4) is 0 Å². The van der Waals surface area contributed by atoms with Crippen molar-refractivity contribution in [2.75, 3.05) is 0 Å². The predicted octanol–water partition coefficient (Wildman–Crippen LogP) is 4.80. The van der Waals surface area contributed by atoms with Gasteiger partial charge in [-0.25, -0.2) is 9.97 Å². The molecule has 104 valence electrons. The molecule has 3 nitrogen and oxygen atoms in total. The zero-order chi connectivity index (χ0) is 14.3. The average molecular weight is 326 g/mol. The number of alkyl halides is 1. The first-order chi connectivity index (χ1) is 9.54. The Morgan fingerprint density at radius 3 is 2.80 bits per heavy atom. The lowest BCUT2D eigenvalue weighted by molar-refractivity contribution is 0.737. The molecule has 1 unspecified atom stereocenters. The molecule has 0 saturated heterocycles. The summed E-state index contributed by atoms with van der Waals surface area (Å²) in [5.74, 6) is 0.844. The summed E-state index contributed by atoms with van der Waals surface area (Å²) >= 11 is 13.9. The standard InChI is InChI=1S/C14H13Cl2N3S/c1-8-7-20-13(17-8)6-19-12-4-3-10(16)5-11(12)18-14(19)9(2)15/h3-5,7,9H,6H2,1-2H3. The van der Waals surface area contributed by atoms with Crippen molar-refractivity contribution in [3.05, 3.63) is 45.1 Å². The predicted molar refractivity (Wildman–Crippen MR) is 85.0 cm³/mol. The molecule has 0 radical (unpaired) electrons. The van der Waals surface area contributed by atoms with Gasteiger partial charge in [0.1, 0.15) is 10.8 Å². The van der Waals surface area contributed by atoms with Crippen LogP contribution in [0, 0.1) is 6.92 Å². The highest BCUT2D eigenvalue weighted by atomic mass is 35.5. The highest BCUT2D eigenvalue weighted by Crippen LogP contribution is 2.27. The van der Waals surface area contributed by atoms with Gasteiger partial charge in [0, 0.05) is 16.1 Å². The van der Waals surface area contributed by atoms with E-state index in [-0.39, 0.29) is 5.38 Å². The van der Waals surface area contributed by atoms with Gasteiger partial charge in [-0.05, 0) is 32.0 Å². The van der Waals surface area contributed by atoms with Gasteiger partial charge in [0.15, 0.2) is 0 Å². The van der Waals surface area contributed by atoms with Crippen molar-refractivity contribution in [2.24, 2.45) is 0 Å². The van der Waals surface area contributed by atoms with Crippen molar-refractivity contribution >= 4 is 45.6 Å². The van der Waals surface area contributed by atoms with E-state index in [1.165, 1.54) is 0 Å². The van der Waals surface area contributed by atoms with E-state index in [1.54, 1.807) is 11.3 Å². The van der Waals surface area contributed by atoms with Gasteiger partial charge in [-0.3, -0.25) is 0 Å². The second kappa shape index (κ2) is 5.35. The molecule has 0 saturated carbocycles. The van der Waals surface area contributed by atoms with Crippen LogP contribution in [0.1, 0.15) is 28.8 Å². The second-order valence-corrected chi connectivity index (χ2v) is 6.72. The number of hydrogen-bond acceptors (Lipinski definition) is 3. The molecule has 0 aliphatic carbocycles. The maximum absolute atomic E-state index is 6.26. The van der Waals surface area contributed by atoms with Crippen LogP contribution >= 0.6 is 34.5 Å². The number of aryl methyl sites for hydroxylation is 1. The lowest BCUT2D eigenvalue weighted by atomic mass is 10.3. The molecule has 1 atom stereocenters. The quantitative estimate of drug-likeness (QED) is 0.647. The first kappa shape index (κ1) is 13.9. The van der Waals surface area contributed by atoms with E-state index in [0.717, 1.165) is 27.6 Å². The summed E-state index contributed by atoms with van der Waals surface area (Å²) < 4.78 is 2.11. The summed E-state index contributed by atoms with van der Waals surface area (Å²) in [4.78, 5) is 9.11. The number of rotatable bonds is 3. The Kier molecular flexibility index (Phi) is 3.71. The molecule has 0 spiro atoms. The minimum absolute atomic E-state index is 0.165. The van der Waals surface area contributed by atoms with Crippen LogP contribution in [-0.4, -0.2) is 14.5 Å². The number of nitrogens with zero attached hydrogens (tertiary/aromatic N) is 3. The molecule has 20 heavy (non-hydrogen) atoms. The molecule has 0 aliphatic heterocycles. The lowest BCUT2D eigenvalue weighted by Gasteiger charge is -2.08. The molecule has 2 aromatic heterocycles. The highest BCUT2D eigenvalue weighted by Gasteiger charge is 2.16. The minimum atomic E-state index is -0.165. The number of aromatic nitrogens is 3. The Morgan fingerprint density at radius 1 is 1.35 bits per heavy atom. The zero-order valence-corrected chi connectivity index (χ0v) is 13.4. The number of thiazole rings is 1. The van der Waals surface area contributed by atoms with Crippen molar-refractivity contribution in [3.8, 4) is 0 Å². The van der Waals surface area contributed by atoms with E-state index in [9.17, 15) is 0 Å². The Labute approximate surface area is 131 Å². The first-order valence-corrected chi connectivity index (χ1v) is 7.95. The van der Waals surface area contributed by atoms with E-state index < -0.39 is 0 Å². The van der Waals surface area contributed by atoms with Gasteiger partial charge in [0.05, 0.1) is 23.0 Å². The van der Waals surface area contributed by atoms with Gasteiger partial charge in [0.25, 0.3) is 0 Å². The summed E-state index contributed by atoms with van der Waals surface area (Å²) in [5, 5.41) is 3.62. The van der Waals surface area contributed by atoms with Crippen molar-refractivity contribution in [1.82, 2.24) is 14.5 Å². The number of benzene rings is 1. The van der Waals surface area contributed by atoms with Gasteiger partial charge < -0.3 is 4.57 Å². The van der Waals surface area contributed by atoms with Gasteiger partial charge >= 0.3 is 0 Å². The van der Waals surface area contributed by atoms with Gasteiger partial charge in [-0.15, -0.1) is 22.9 Å². The minimum Gasteiger partial charge on any atom is -0.320 e. The molecule has 3 aromatic rings. The highest BCUT2D eigenvalue weighted by molar-refractivity contribution is 7.09. The summed E-state index contributed by atoms with van der Waals surface area (Å²) in [7, 11) is 0. The Balaban J connectivity index is 2.13. The third kappa shape index (κ3) is 2.55. The van der Waals surface area contributed by atoms with Crippen LogP contribution in [0.25, 0.3) is 11.0 Å². The van der Waals surface area contributed by atoms with Crippen molar-refractivity contribution in [1.29, 1.82) is 0 Å². The average Bonchev–Trinajstić information content (AvgIpc) is 2.94. The summed E-state index contributed by atoms with van der Waals surface area (Å²) in [6, 6.07) is 5.72. The third-order valence-electron chi connectivity index (χ3n) is 3.06. The number of halogens is 2. The van der Waals surface area contributed by atoms with Crippen LogP contribution < -0.4 is 0 Å². The third-order valence-corrected chi connectivity index (χ3v) is 4.44. The van der Waals surface area contributed by atoms with Gasteiger partial charge in [-0.2, -0.15) is 0 Å². The molecule has 0 fully saturated rings. The summed E-state index contributed by atoms with van der Waals surface area (Å²) in [5.41, 5.74) is 2.94. The molecule has 0 bridgehead atoms. The Hall–Kier alpha value is -1.10. The van der Waals surface area contributed by atoms with E-state index >= 15 is 0 Å². The molecule has 2 heterocycles. The molecule has 3 rings (SSSR count). The van der Waals surface area contributed by atoms with E-state index in [0.29, 0.717) is 11.6 Å². The topological polar surface area (TPSA) is 30.7 Å². The fourth-order valence-corrected chi connectivity index (χ4v) is 3.29. The Morgan fingerprint density at radius 2 is 2.15 bits per heavy atom. The molecule has 0 N–H and O–H groups in total. The van der Waals surface area contributed by atoms with Gasteiger partial charge in [0.2, 0.25) is 0 Å². The number of hydrogen-bond donors (Lipinski definition) is 0. The zero-order valence-electron chi connectivity index (χ0n) is 11.1. The van der Waals surface area contributed by atoms with Crippen molar-refractivity contribution < 1.29 is 0 Å². The van der Waals surface area contributed by atoms with E-state index in [1.807, 2.05) is 32.0 Å². The molecular weight excluding hydrogens is 313 g/mol. The van der Waals surface area contributed by atoms with Crippen LogP contribution in [0.5, 0.6) is 0 Å². The van der Waals surface area contributed by atoms with E-state index in [2.05, 4.69) is 19.9 Å². The smallest absolute Gasteiger partial charge is 0.128 e. The molecular formula is C14H13Cl2N3S. The van der Waals surface area contributed by atoms with Crippen molar-refractivity contribution in [3.63, 3.8) is 0 Å². The normalized spacial score (nSPS) is 13.0. The lowest BCUT2D eigenvalue weighted by Crippen LogP contribution is -2.05. The molecule has 1 aromatic carbocycles. The van der Waals surface area contributed by atoms with Crippen LogP contribution in [0.2, 0.25) is 5.02 Å². The van der Waals surface area contributed by atoms with Gasteiger partial charge in [-0.1, -0.05) is 11.6 Å². The van der Waals surface area contributed by atoms with Crippen LogP contribution in [0.4, 0.5) is 0 Å². The monoisotopic (exact) mass is 325 g/mol. The largest absolute Gasteiger partial charge is 0.320 e. The van der Waals surface area contributed by atoms with Crippen LogP contribution in [-0.2, 0) is 6.54 Å². The first-order valence-electron chi connectivity index (χ1n) is 6.25. The Bertz CT molecular complexity index is 761. The molecule has 6 heteroatoms. The molecule has 0 aliphatic rings. The fraction of sp³-hybridized carbons (Fsp3) is 0.286. The molecule has 0 amide bonds. The maximum atomic E-state index is 6.26. The van der Waals surface area contributed by atoms with Crippen LogP contribution in [0.15, 0.2) is 23.6 Å². The number of imidazole rings is 1. The van der Waals surface area contributed by atoms with Crippen molar-refractivity contribution in [2.45, 2.75) is 25.8 Å². The summed E-state index contributed by atoms with van der Waals surface area (Å²) in [6.07, 6.45) is 0. The summed E-state index contributed by atoms with van der Waals surface area (Å²) in [6.45, 7) is 4.61. The van der Waals surface area contributed by atoms with E-state index in [4.69, 9.17) is 23.2 Å². The SMILES string of the molecule is Cc1csc(Cn2c(C(C)Cl)nc3cc(Cl)ccc32)n1. The second-order valence-electron chi connectivity index (χ2n) is 4.69. The number of fused-ring (bicyclic) bond motifs is 1. The fourth-order valence-electron chi connectivity index (χ4n) is 2.20. The maximum Gasteiger partial charge on any atom is 0.128 e.